The lowest BCUT2D eigenvalue weighted by Crippen LogP contribution is -2.54. The van der Waals surface area contributed by atoms with Crippen LogP contribution in [-0.4, -0.2) is 36.3 Å². The van der Waals surface area contributed by atoms with Crippen molar-refractivity contribution in [1.82, 2.24) is 9.62 Å². The van der Waals surface area contributed by atoms with Gasteiger partial charge in [-0.1, -0.05) is 11.9 Å². The van der Waals surface area contributed by atoms with Crippen molar-refractivity contribution in [1.29, 1.82) is 0 Å². The van der Waals surface area contributed by atoms with Crippen LogP contribution in [-0.2, 0) is 0 Å². The highest BCUT2D eigenvalue weighted by Crippen LogP contribution is 2.32. The number of hydrogen-bond donors (Lipinski definition) is 1. The Morgan fingerprint density at radius 3 is 2.67 bits per heavy atom. The lowest BCUT2D eigenvalue weighted by atomic mass is 10.0. The number of likely N-dealkylation sites (N-methyl/N-ethyl adjacent to an activating group) is 1. The Kier molecular flexibility index (Phi) is 1.25. The van der Waals surface area contributed by atoms with Gasteiger partial charge in [-0.15, -0.1) is 0 Å². The molecule has 0 aliphatic carbocycles. The summed E-state index contributed by atoms with van der Waals surface area (Å²) >= 11 is 1.86. The Hall–Kier alpha value is 0.270. The van der Waals surface area contributed by atoms with Crippen molar-refractivity contribution in [2.45, 2.75) is 12.0 Å². The summed E-state index contributed by atoms with van der Waals surface area (Å²) in [5.74, 6) is 1.32. The fourth-order valence-corrected chi connectivity index (χ4v) is 2.51. The average Bonchev–Trinajstić information content (AvgIpc) is 2.09. The lowest BCUT2D eigenvalue weighted by molar-refractivity contribution is 0.362. The van der Waals surface area contributed by atoms with Crippen LogP contribution in [0.5, 0.6) is 0 Å². The third-order valence-electron chi connectivity index (χ3n) is 2.18. The van der Waals surface area contributed by atoms with E-state index in [1.165, 1.54) is 25.3 Å². The Balaban J connectivity index is 1.99. The van der Waals surface area contributed by atoms with E-state index in [0.717, 1.165) is 0 Å². The Bertz CT molecular complexity index is 122. The SMILES string of the molecule is CN1CCC2(CSN2)C1. The van der Waals surface area contributed by atoms with E-state index in [2.05, 4.69) is 16.7 Å². The Morgan fingerprint density at radius 2 is 2.44 bits per heavy atom. The van der Waals surface area contributed by atoms with Crippen LogP contribution in [0.3, 0.4) is 0 Å². The van der Waals surface area contributed by atoms with Crippen LogP contribution >= 0.6 is 11.9 Å². The van der Waals surface area contributed by atoms with E-state index in [1.54, 1.807) is 0 Å². The molecule has 52 valence electrons. The lowest BCUT2D eigenvalue weighted by Gasteiger charge is -2.38. The zero-order valence-electron chi connectivity index (χ0n) is 5.68. The van der Waals surface area contributed by atoms with Crippen molar-refractivity contribution in [2.24, 2.45) is 0 Å². The molecule has 9 heavy (non-hydrogen) atoms. The molecule has 1 atom stereocenters. The van der Waals surface area contributed by atoms with Crippen LogP contribution < -0.4 is 4.72 Å². The van der Waals surface area contributed by atoms with Crippen molar-refractivity contribution in [2.75, 3.05) is 25.9 Å². The number of nitrogens with one attached hydrogen (secondary N) is 1. The third-order valence-corrected chi connectivity index (χ3v) is 3.46. The highest BCUT2D eigenvalue weighted by molar-refractivity contribution is 7.98. The molecule has 2 nitrogen and oxygen atoms in total. The summed E-state index contributed by atoms with van der Waals surface area (Å²) < 4.78 is 3.43. The van der Waals surface area contributed by atoms with Gasteiger partial charge in [-0.2, -0.15) is 0 Å². The van der Waals surface area contributed by atoms with Gasteiger partial charge in [0.1, 0.15) is 0 Å². The van der Waals surface area contributed by atoms with Gasteiger partial charge in [0.05, 0.1) is 5.54 Å². The van der Waals surface area contributed by atoms with E-state index < -0.39 is 0 Å². The quantitative estimate of drug-likeness (QED) is 0.493. The largest absolute Gasteiger partial charge is 0.304 e. The fourth-order valence-electron chi connectivity index (χ4n) is 1.56. The molecule has 0 aromatic rings. The Labute approximate surface area is 60.1 Å². The minimum Gasteiger partial charge on any atom is -0.304 e. The van der Waals surface area contributed by atoms with Crippen LogP contribution in [0.1, 0.15) is 6.42 Å². The van der Waals surface area contributed by atoms with Crippen molar-refractivity contribution in [3.05, 3.63) is 0 Å². The standard InChI is InChI=1S/C6H12N2S/c1-8-3-2-6(4-8)5-9-7-6/h7H,2-5H2,1H3. The molecule has 0 saturated carbocycles. The molecule has 2 rings (SSSR count). The van der Waals surface area contributed by atoms with Crippen LogP contribution in [0.4, 0.5) is 0 Å². The molecule has 2 saturated heterocycles. The molecule has 0 bridgehead atoms. The van der Waals surface area contributed by atoms with Gasteiger partial charge in [-0.3, -0.25) is 4.72 Å². The molecule has 2 aliphatic heterocycles. The first-order valence-electron chi connectivity index (χ1n) is 3.38. The van der Waals surface area contributed by atoms with Crippen LogP contribution in [0.15, 0.2) is 0 Å². The van der Waals surface area contributed by atoms with E-state index in [9.17, 15) is 0 Å². The number of hydrogen-bond acceptors (Lipinski definition) is 3. The van der Waals surface area contributed by atoms with Gasteiger partial charge in [0.25, 0.3) is 0 Å². The van der Waals surface area contributed by atoms with Gasteiger partial charge in [0.2, 0.25) is 0 Å². The number of rotatable bonds is 0. The van der Waals surface area contributed by atoms with Gasteiger partial charge < -0.3 is 4.90 Å². The van der Waals surface area contributed by atoms with Crippen LogP contribution in [0, 0.1) is 0 Å². The molecule has 0 aromatic carbocycles. The molecule has 1 unspecified atom stereocenters. The molecular weight excluding hydrogens is 132 g/mol. The first kappa shape index (κ1) is 6.01. The van der Waals surface area contributed by atoms with Gasteiger partial charge >= 0.3 is 0 Å². The summed E-state index contributed by atoms with van der Waals surface area (Å²) in [6, 6.07) is 0. The number of nitrogens with zero attached hydrogens (tertiary/aromatic N) is 1. The maximum Gasteiger partial charge on any atom is 0.0524 e. The summed E-state index contributed by atoms with van der Waals surface area (Å²) in [5, 5.41) is 0. The van der Waals surface area contributed by atoms with E-state index >= 15 is 0 Å². The van der Waals surface area contributed by atoms with E-state index in [0.29, 0.717) is 5.54 Å². The van der Waals surface area contributed by atoms with E-state index in [4.69, 9.17) is 0 Å². The maximum absolute atomic E-state index is 3.43. The van der Waals surface area contributed by atoms with Crippen LogP contribution in [0.25, 0.3) is 0 Å². The first-order chi connectivity index (χ1) is 4.31. The number of likely N-dealkylation sites (tertiary alicyclic amines) is 1. The molecule has 0 aromatic heterocycles. The zero-order valence-corrected chi connectivity index (χ0v) is 6.50. The molecule has 1 N–H and O–H groups in total. The van der Waals surface area contributed by atoms with Gasteiger partial charge in [0, 0.05) is 12.3 Å². The molecular formula is C6H12N2S. The van der Waals surface area contributed by atoms with Crippen molar-refractivity contribution < 1.29 is 0 Å². The fraction of sp³-hybridized carbons (Fsp3) is 1.00. The summed E-state index contributed by atoms with van der Waals surface area (Å²) in [4.78, 5) is 2.40. The molecule has 2 fully saturated rings. The van der Waals surface area contributed by atoms with Crippen molar-refractivity contribution >= 4 is 11.9 Å². The molecule has 3 heteroatoms. The monoisotopic (exact) mass is 144 g/mol. The Morgan fingerprint density at radius 1 is 1.67 bits per heavy atom. The summed E-state index contributed by atoms with van der Waals surface area (Å²) in [5.41, 5.74) is 0.527. The van der Waals surface area contributed by atoms with E-state index in [1.807, 2.05) is 11.9 Å². The van der Waals surface area contributed by atoms with E-state index in [-0.39, 0.29) is 0 Å². The minimum absolute atomic E-state index is 0.527. The molecule has 2 aliphatic rings. The second-order valence-corrected chi connectivity index (χ2v) is 3.94. The average molecular weight is 144 g/mol. The van der Waals surface area contributed by atoms with Gasteiger partial charge in [-0.05, 0) is 20.0 Å². The highest BCUT2D eigenvalue weighted by Gasteiger charge is 2.42. The molecule has 1 spiro atoms. The minimum atomic E-state index is 0.527. The summed E-state index contributed by atoms with van der Waals surface area (Å²) in [6.07, 6.45) is 1.34. The van der Waals surface area contributed by atoms with Gasteiger partial charge in [0.15, 0.2) is 0 Å². The van der Waals surface area contributed by atoms with Crippen molar-refractivity contribution in [3.63, 3.8) is 0 Å². The summed E-state index contributed by atoms with van der Waals surface area (Å²) in [7, 11) is 2.19. The third kappa shape index (κ3) is 0.876. The van der Waals surface area contributed by atoms with Crippen molar-refractivity contribution in [3.8, 4) is 0 Å². The second kappa shape index (κ2) is 1.87. The second-order valence-electron chi connectivity index (χ2n) is 3.16. The molecule has 2 heterocycles. The maximum atomic E-state index is 3.43. The zero-order chi connectivity index (χ0) is 6.32. The normalized spacial score (nSPS) is 43.7. The van der Waals surface area contributed by atoms with Crippen LogP contribution in [0.2, 0.25) is 0 Å². The molecule has 0 amide bonds. The highest BCUT2D eigenvalue weighted by atomic mass is 32.2. The first-order valence-corrected chi connectivity index (χ1v) is 4.37. The molecule has 0 radical (unpaired) electrons. The predicted octanol–water partition coefficient (Wildman–Crippen LogP) is 0.312. The smallest absolute Gasteiger partial charge is 0.0524 e. The predicted molar refractivity (Wildman–Crippen MR) is 40.4 cm³/mol. The summed E-state index contributed by atoms with van der Waals surface area (Å²) in [6.45, 7) is 2.52. The topological polar surface area (TPSA) is 15.3 Å². The van der Waals surface area contributed by atoms with Gasteiger partial charge in [-0.25, -0.2) is 0 Å².